The van der Waals surface area contributed by atoms with Crippen molar-refractivity contribution in [2.45, 2.75) is 36.5 Å². The predicted molar refractivity (Wildman–Crippen MR) is 129 cm³/mol. The Morgan fingerprint density at radius 1 is 1.21 bits per heavy atom. The lowest BCUT2D eigenvalue weighted by Crippen LogP contribution is -2.42. The third-order valence-electron chi connectivity index (χ3n) is 6.40. The number of nitrogens with zero attached hydrogens (tertiary/aromatic N) is 1. The number of hydrogen-bond acceptors (Lipinski definition) is 7. The van der Waals surface area contributed by atoms with Gasteiger partial charge in [-0.05, 0) is 43.0 Å². The van der Waals surface area contributed by atoms with E-state index in [4.69, 9.17) is 0 Å². The van der Waals surface area contributed by atoms with Crippen molar-refractivity contribution in [2.75, 3.05) is 16.3 Å². The first-order valence-corrected chi connectivity index (χ1v) is 14.0. The number of ketones is 1. The average molecular weight is 502 g/mol. The number of anilines is 2. The van der Waals surface area contributed by atoms with E-state index in [1.807, 2.05) is 19.1 Å². The van der Waals surface area contributed by atoms with Crippen molar-refractivity contribution < 1.29 is 26.7 Å². The van der Waals surface area contributed by atoms with Gasteiger partial charge in [-0.25, -0.2) is 8.42 Å². The predicted octanol–water partition coefficient (Wildman–Crippen LogP) is 3.18. The fourth-order valence-corrected chi connectivity index (χ4v) is 6.38. The Bertz CT molecular complexity index is 1520. The highest BCUT2D eigenvalue weighted by atomic mass is 32.2. The number of carbonyl (C=O) groups excluding carboxylic acids is 1. The van der Waals surface area contributed by atoms with E-state index in [-0.39, 0.29) is 33.4 Å². The normalized spacial score (nSPS) is 23.5. The van der Waals surface area contributed by atoms with Gasteiger partial charge < -0.3 is 10.4 Å². The van der Waals surface area contributed by atoms with Crippen LogP contribution < -0.4 is 10.0 Å². The molecule has 3 aliphatic rings. The van der Waals surface area contributed by atoms with E-state index >= 15 is 0 Å². The van der Waals surface area contributed by atoms with Crippen LogP contribution in [0.1, 0.15) is 37.3 Å². The van der Waals surface area contributed by atoms with Crippen molar-refractivity contribution >= 4 is 48.8 Å². The SMILES string of the molecule is CC1(CC2CC2)C(=O)C(C2=NS(=O)(=O)c3cc(NS(C)(=O)=O)ccc3N2)=C(O)c2ccccc21. The summed E-state index contributed by atoms with van der Waals surface area (Å²) in [6.45, 7) is 1.83. The van der Waals surface area contributed by atoms with Crippen LogP contribution in [-0.4, -0.2) is 39.8 Å². The van der Waals surface area contributed by atoms with E-state index in [0.717, 1.165) is 25.2 Å². The first-order chi connectivity index (χ1) is 15.9. The van der Waals surface area contributed by atoms with E-state index in [9.17, 15) is 26.7 Å². The molecule has 1 aliphatic heterocycles. The number of fused-ring (bicyclic) bond motifs is 2. The number of benzene rings is 2. The van der Waals surface area contributed by atoms with Crippen LogP contribution in [0, 0.1) is 5.92 Å². The van der Waals surface area contributed by atoms with Gasteiger partial charge in [0.15, 0.2) is 11.6 Å². The molecule has 2 aromatic carbocycles. The maximum atomic E-state index is 13.8. The van der Waals surface area contributed by atoms with Crippen molar-refractivity contribution in [3.05, 3.63) is 59.2 Å². The highest BCUT2D eigenvalue weighted by Gasteiger charge is 2.48. The van der Waals surface area contributed by atoms with Gasteiger partial charge in [-0.1, -0.05) is 37.1 Å². The van der Waals surface area contributed by atoms with Crippen LogP contribution in [0.5, 0.6) is 0 Å². The summed E-state index contributed by atoms with van der Waals surface area (Å²) in [6, 6.07) is 11.0. The molecule has 0 aromatic heterocycles. The Hall–Kier alpha value is -3.18. The molecule has 1 atom stereocenters. The number of aliphatic hydroxyl groups excluding tert-OH is 1. The number of hydrogen-bond donors (Lipinski definition) is 3. The van der Waals surface area contributed by atoms with Crippen LogP contribution in [0.4, 0.5) is 11.4 Å². The van der Waals surface area contributed by atoms with Gasteiger partial charge in [0.2, 0.25) is 10.0 Å². The Balaban J connectivity index is 1.63. The average Bonchev–Trinajstić information content (AvgIpc) is 3.55. The molecule has 1 unspecified atom stereocenters. The summed E-state index contributed by atoms with van der Waals surface area (Å²) in [6.07, 6.45) is 3.61. The van der Waals surface area contributed by atoms with Gasteiger partial charge in [0.25, 0.3) is 10.0 Å². The number of Topliss-reactive ketones (excluding diaryl/α,β-unsaturated/α-hetero) is 1. The second-order valence-electron chi connectivity index (χ2n) is 9.20. The van der Waals surface area contributed by atoms with Gasteiger partial charge >= 0.3 is 0 Å². The van der Waals surface area contributed by atoms with Crippen molar-refractivity contribution in [3.63, 3.8) is 0 Å². The molecule has 5 rings (SSSR count). The molecule has 34 heavy (non-hydrogen) atoms. The molecule has 1 saturated carbocycles. The first kappa shape index (κ1) is 22.6. The fraction of sp³-hybridized carbons (Fsp3) is 0.304. The zero-order valence-corrected chi connectivity index (χ0v) is 20.1. The molecule has 1 fully saturated rings. The molecule has 1 heterocycles. The van der Waals surface area contributed by atoms with Gasteiger partial charge in [0.05, 0.1) is 17.4 Å². The summed E-state index contributed by atoms with van der Waals surface area (Å²) in [5.41, 5.74) is 0.267. The summed E-state index contributed by atoms with van der Waals surface area (Å²) < 4.78 is 55.2. The summed E-state index contributed by atoms with van der Waals surface area (Å²) in [5, 5.41) is 13.9. The van der Waals surface area contributed by atoms with Gasteiger partial charge in [-0.2, -0.15) is 8.42 Å². The molecule has 0 bridgehead atoms. The lowest BCUT2D eigenvalue weighted by atomic mass is 9.67. The fourth-order valence-electron chi connectivity index (χ4n) is 4.68. The van der Waals surface area contributed by atoms with E-state index in [1.165, 1.54) is 12.1 Å². The molecule has 178 valence electrons. The third kappa shape index (κ3) is 3.78. The van der Waals surface area contributed by atoms with Crippen LogP contribution in [0.15, 0.2) is 57.3 Å². The summed E-state index contributed by atoms with van der Waals surface area (Å²) >= 11 is 0. The maximum absolute atomic E-state index is 13.8. The second-order valence-corrected chi connectivity index (χ2v) is 12.5. The quantitative estimate of drug-likeness (QED) is 0.571. The van der Waals surface area contributed by atoms with Crippen LogP contribution in [0.25, 0.3) is 5.76 Å². The highest BCUT2D eigenvalue weighted by molar-refractivity contribution is 7.92. The van der Waals surface area contributed by atoms with E-state index in [1.54, 1.807) is 12.1 Å². The van der Waals surface area contributed by atoms with Crippen LogP contribution in [0.2, 0.25) is 0 Å². The number of amidine groups is 1. The molecule has 2 aromatic rings. The molecule has 3 N–H and O–H groups in total. The standard InChI is InChI=1S/C23H23N3O6S2/c1-23(12-13-7-8-13)16-6-4-3-5-15(16)20(27)19(21(23)28)22-24-17-10-9-14(25-33(2,29)30)11-18(17)34(31,32)26-22/h3-6,9-11,13,25,27H,7-8,12H2,1-2H3,(H,24,26). The van der Waals surface area contributed by atoms with Crippen molar-refractivity contribution in [1.29, 1.82) is 0 Å². The molecule has 2 aliphatic carbocycles. The smallest absolute Gasteiger partial charge is 0.286 e. The van der Waals surface area contributed by atoms with E-state index in [2.05, 4.69) is 14.4 Å². The minimum atomic E-state index is -4.30. The molecule has 0 saturated heterocycles. The van der Waals surface area contributed by atoms with E-state index in [0.29, 0.717) is 23.5 Å². The molecule has 0 amide bonds. The summed E-state index contributed by atoms with van der Waals surface area (Å²) in [4.78, 5) is 13.6. The molecular weight excluding hydrogens is 478 g/mol. The topological polar surface area (TPSA) is 142 Å². The highest BCUT2D eigenvalue weighted by Crippen LogP contribution is 2.48. The Morgan fingerprint density at radius 3 is 2.59 bits per heavy atom. The zero-order chi connectivity index (χ0) is 24.5. The largest absolute Gasteiger partial charge is 0.506 e. The zero-order valence-electron chi connectivity index (χ0n) is 18.5. The number of sulfonamides is 2. The Kier molecular flexibility index (Phi) is 4.93. The minimum absolute atomic E-state index is 0.0621. The number of rotatable bonds is 5. The van der Waals surface area contributed by atoms with Crippen LogP contribution in [0.3, 0.4) is 0 Å². The summed E-state index contributed by atoms with van der Waals surface area (Å²) in [7, 11) is -7.91. The Morgan fingerprint density at radius 2 is 1.91 bits per heavy atom. The number of nitrogens with one attached hydrogen (secondary N) is 2. The van der Waals surface area contributed by atoms with Gasteiger partial charge in [0, 0.05) is 11.3 Å². The molecule has 9 nitrogen and oxygen atoms in total. The molecule has 0 spiro atoms. The number of carbonyl (C=O) groups is 1. The van der Waals surface area contributed by atoms with Crippen molar-refractivity contribution in [1.82, 2.24) is 0 Å². The first-order valence-electron chi connectivity index (χ1n) is 10.7. The Labute approximate surface area is 197 Å². The van der Waals surface area contributed by atoms with Gasteiger partial charge in [-0.15, -0.1) is 4.40 Å². The second kappa shape index (κ2) is 7.41. The van der Waals surface area contributed by atoms with Crippen molar-refractivity contribution in [3.8, 4) is 0 Å². The minimum Gasteiger partial charge on any atom is -0.506 e. The van der Waals surface area contributed by atoms with Crippen LogP contribution >= 0.6 is 0 Å². The molecule has 0 radical (unpaired) electrons. The lowest BCUT2D eigenvalue weighted by molar-refractivity contribution is -0.120. The van der Waals surface area contributed by atoms with Crippen LogP contribution in [-0.2, 0) is 30.3 Å². The molecular formula is C23H23N3O6S2. The lowest BCUT2D eigenvalue weighted by Gasteiger charge is -2.36. The molecule has 11 heteroatoms. The maximum Gasteiger partial charge on any atom is 0.286 e. The van der Waals surface area contributed by atoms with Crippen molar-refractivity contribution in [2.24, 2.45) is 10.3 Å². The van der Waals surface area contributed by atoms with Gasteiger partial charge in [0.1, 0.15) is 16.2 Å². The van der Waals surface area contributed by atoms with Gasteiger partial charge in [-0.3, -0.25) is 9.52 Å². The summed E-state index contributed by atoms with van der Waals surface area (Å²) in [5.74, 6) is -0.574. The van der Waals surface area contributed by atoms with E-state index < -0.39 is 31.2 Å². The number of aliphatic hydroxyl groups is 1. The third-order valence-corrected chi connectivity index (χ3v) is 8.32. The monoisotopic (exact) mass is 501 g/mol.